The van der Waals surface area contributed by atoms with E-state index in [2.05, 4.69) is 0 Å². The highest BCUT2D eigenvalue weighted by Crippen LogP contribution is 2.27. The molecule has 21 heavy (non-hydrogen) atoms. The second-order valence-electron chi connectivity index (χ2n) is 4.73. The van der Waals surface area contributed by atoms with Gasteiger partial charge in [0.2, 0.25) is 0 Å². The summed E-state index contributed by atoms with van der Waals surface area (Å²) < 4.78 is 18.6. The van der Waals surface area contributed by atoms with E-state index < -0.39 is 0 Å². The molecule has 0 aliphatic heterocycles. The maximum atomic E-state index is 12.9. The lowest BCUT2D eigenvalue weighted by Crippen LogP contribution is -1.99. The molecule has 0 unspecified atom stereocenters. The first kappa shape index (κ1) is 13.3. The molecular formula is C18H13FO2. The van der Waals surface area contributed by atoms with Crippen molar-refractivity contribution in [1.29, 1.82) is 0 Å². The molecule has 0 heterocycles. The van der Waals surface area contributed by atoms with Crippen LogP contribution in [0.1, 0.15) is 15.9 Å². The number of ether oxygens (including phenoxy) is 1. The molecule has 2 nitrogen and oxygen atoms in total. The summed E-state index contributed by atoms with van der Waals surface area (Å²) in [6.45, 7) is 0.291. The average molecular weight is 280 g/mol. The third kappa shape index (κ3) is 2.77. The Hall–Kier alpha value is -2.68. The van der Waals surface area contributed by atoms with Crippen LogP contribution in [-0.2, 0) is 6.61 Å². The standard InChI is InChI=1S/C18H13FO2/c19-15-8-5-13(6-9-15)12-21-18-10-7-14-3-1-2-4-16(14)17(18)11-20/h1-11H,12H2. The summed E-state index contributed by atoms with van der Waals surface area (Å²) in [4.78, 5) is 11.4. The van der Waals surface area contributed by atoms with Gasteiger partial charge in [-0.05, 0) is 34.5 Å². The summed E-state index contributed by atoms with van der Waals surface area (Å²) in [6.07, 6.45) is 0.808. The van der Waals surface area contributed by atoms with Crippen molar-refractivity contribution in [2.45, 2.75) is 6.61 Å². The van der Waals surface area contributed by atoms with Crippen LogP contribution in [0.25, 0.3) is 10.8 Å². The summed E-state index contributed by atoms with van der Waals surface area (Å²) in [5.74, 6) is 0.256. The Morgan fingerprint density at radius 2 is 1.71 bits per heavy atom. The Labute approximate surface area is 121 Å². The zero-order valence-corrected chi connectivity index (χ0v) is 11.3. The van der Waals surface area contributed by atoms with Gasteiger partial charge in [-0.3, -0.25) is 4.79 Å². The van der Waals surface area contributed by atoms with Crippen molar-refractivity contribution in [2.75, 3.05) is 0 Å². The highest BCUT2D eigenvalue weighted by molar-refractivity contribution is 6.00. The van der Waals surface area contributed by atoms with E-state index in [1.165, 1.54) is 12.1 Å². The van der Waals surface area contributed by atoms with Crippen molar-refractivity contribution >= 4 is 17.1 Å². The number of hydrogen-bond acceptors (Lipinski definition) is 2. The molecule has 0 fully saturated rings. The first-order chi connectivity index (χ1) is 10.3. The van der Waals surface area contributed by atoms with Crippen molar-refractivity contribution in [3.05, 3.63) is 77.6 Å². The van der Waals surface area contributed by atoms with Crippen molar-refractivity contribution in [2.24, 2.45) is 0 Å². The zero-order chi connectivity index (χ0) is 14.7. The largest absolute Gasteiger partial charge is 0.488 e. The smallest absolute Gasteiger partial charge is 0.154 e. The van der Waals surface area contributed by atoms with Gasteiger partial charge in [-0.25, -0.2) is 4.39 Å². The van der Waals surface area contributed by atoms with Gasteiger partial charge in [0.15, 0.2) is 6.29 Å². The Bertz CT molecular complexity index is 779. The van der Waals surface area contributed by atoms with Crippen molar-refractivity contribution in [1.82, 2.24) is 0 Å². The fraction of sp³-hybridized carbons (Fsp3) is 0.0556. The fourth-order valence-electron chi connectivity index (χ4n) is 2.26. The second-order valence-corrected chi connectivity index (χ2v) is 4.73. The predicted molar refractivity (Wildman–Crippen MR) is 80.1 cm³/mol. The Balaban J connectivity index is 1.90. The lowest BCUT2D eigenvalue weighted by molar-refractivity contribution is 0.112. The van der Waals surface area contributed by atoms with Crippen LogP contribution >= 0.6 is 0 Å². The molecule has 0 bridgehead atoms. The molecule has 0 aliphatic rings. The first-order valence-electron chi connectivity index (χ1n) is 6.62. The molecule has 3 aromatic rings. The summed E-state index contributed by atoms with van der Waals surface area (Å²) in [5.41, 5.74) is 1.39. The van der Waals surface area contributed by atoms with Crippen LogP contribution in [0.2, 0.25) is 0 Å². The number of carbonyl (C=O) groups excluding carboxylic acids is 1. The maximum Gasteiger partial charge on any atom is 0.154 e. The fourth-order valence-corrected chi connectivity index (χ4v) is 2.26. The van der Waals surface area contributed by atoms with Gasteiger partial charge in [-0.1, -0.05) is 42.5 Å². The summed E-state index contributed by atoms with van der Waals surface area (Å²) in [7, 11) is 0. The van der Waals surface area contributed by atoms with Gasteiger partial charge in [0.25, 0.3) is 0 Å². The molecule has 104 valence electrons. The van der Waals surface area contributed by atoms with E-state index in [0.29, 0.717) is 17.9 Å². The van der Waals surface area contributed by atoms with Gasteiger partial charge >= 0.3 is 0 Å². The molecular weight excluding hydrogens is 267 g/mol. The summed E-state index contributed by atoms with van der Waals surface area (Å²) in [6, 6.07) is 17.5. The topological polar surface area (TPSA) is 26.3 Å². The number of fused-ring (bicyclic) bond motifs is 1. The van der Waals surface area contributed by atoms with E-state index in [4.69, 9.17) is 4.74 Å². The highest BCUT2D eigenvalue weighted by Gasteiger charge is 2.08. The van der Waals surface area contributed by atoms with Crippen LogP contribution in [0.3, 0.4) is 0 Å². The van der Waals surface area contributed by atoms with Crippen LogP contribution in [0.4, 0.5) is 4.39 Å². The summed E-state index contributed by atoms with van der Waals surface area (Å²) >= 11 is 0. The predicted octanol–water partition coefficient (Wildman–Crippen LogP) is 4.37. The van der Waals surface area contributed by atoms with E-state index in [-0.39, 0.29) is 5.82 Å². The van der Waals surface area contributed by atoms with Gasteiger partial charge < -0.3 is 4.74 Å². The lowest BCUT2D eigenvalue weighted by atomic mass is 10.0. The number of carbonyl (C=O) groups is 1. The minimum atomic E-state index is -0.280. The van der Waals surface area contributed by atoms with E-state index in [0.717, 1.165) is 22.6 Å². The Kier molecular flexibility index (Phi) is 3.65. The van der Waals surface area contributed by atoms with Gasteiger partial charge in [-0.2, -0.15) is 0 Å². The molecule has 0 saturated carbocycles. The molecule has 0 aliphatic carbocycles. The zero-order valence-electron chi connectivity index (χ0n) is 11.3. The molecule has 0 atom stereocenters. The van der Waals surface area contributed by atoms with Crippen LogP contribution in [0.15, 0.2) is 60.7 Å². The SMILES string of the molecule is O=Cc1c(OCc2ccc(F)cc2)ccc2ccccc12. The Morgan fingerprint density at radius 1 is 0.952 bits per heavy atom. The minimum absolute atomic E-state index is 0.280. The number of halogens is 1. The summed E-state index contributed by atoms with van der Waals surface area (Å²) in [5, 5.41) is 1.86. The highest BCUT2D eigenvalue weighted by atomic mass is 19.1. The van der Waals surface area contributed by atoms with Crippen LogP contribution < -0.4 is 4.74 Å². The van der Waals surface area contributed by atoms with Crippen molar-refractivity contribution in [3.63, 3.8) is 0 Å². The average Bonchev–Trinajstić information content (AvgIpc) is 2.53. The van der Waals surface area contributed by atoms with Crippen LogP contribution in [0, 0.1) is 5.82 Å². The van der Waals surface area contributed by atoms with Gasteiger partial charge in [0, 0.05) is 0 Å². The molecule has 0 saturated heterocycles. The van der Waals surface area contributed by atoms with E-state index in [9.17, 15) is 9.18 Å². The van der Waals surface area contributed by atoms with E-state index in [1.54, 1.807) is 18.2 Å². The number of hydrogen-bond donors (Lipinski definition) is 0. The second kappa shape index (κ2) is 5.75. The maximum absolute atomic E-state index is 12.9. The lowest BCUT2D eigenvalue weighted by Gasteiger charge is -2.10. The minimum Gasteiger partial charge on any atom is -0.488 e. The quantitative estimate of drug-likeness (QED) is 0.663. The van der Waals surface area contributed by atoms with Crippen molar-refractivity contribution < 1.29 is 13.9 Å². The van der Waals surface area contributed by atoms with Crippen LogP contribution in [0.5, 0.6) is 5.75 Å². The number of rotatable bonds is 4. The normalized spacial score (nSPS) is 10.5. The van der Waals surface area contributed by atoms with Crippen molar-refractivity contribution in [3.8, 4) is 5.75 Å². The molecule has 0 amide bonds. The van der Waals surface area contributed by atoms with Crippen LogP contribution in [-0.4, -0.2) is 6.29 Å². The molecule has 3 heteroatoms. The number of aldehydes is 1. The van der Waals surface area contributed by atoms with Gasteiger partial charge in [0.05, 0.1) is 5.56 Å². The monoisotopic (exact) mass is 280 g/mol. The molecule has 0 radical (unpaired) electrons. The van der Waals surface area contributed by atoms with Gasteiger partial charge in [0.1, 0.15) is 18.2 Å². The van der Waals surface area contributed by atoms with Gasteiger partial charge in [-0.15, -0.1) is 0 Å². The first-order valence-corrected chi connectivity index (χ1v) is 6.62. The molecule has 0 N–H and O–H groups in total. The third-order valence-corrected chi connectivity index (χ3v) is 3.36. The van der Waals surface area contributed by atoms with E-state index >= 15 is 0 Å². The Morgan fingerprint density at radius 3 is 2.48 bits per heavy atom. The molecule has 0 aromatic heterocycles. The third-order valence-electron chi connectivity index (χ3n) is 3.36. The molecule has 0 spiro atoms. The molecule has 3 aromatic carbocycles. The number of benzene rings is 3. The molecule has 3 rings (SSSR count). The van der Waals surface area contributed by atoms with E-state index in [1.807, 2.05) is 30.3 Å².